The molecule has 0 aromatic heterocycles. The second-order valence-electron chi connectivity index (χ2n) is 4.98. The summed E-state index contributed by atoms with van der Waals surface area (Å²) in [6.45, 7) is 2.72. The molecule has 1 aliphatic heterocycles. The first-order valence-corrected chi connectivity index (χ1v) is 6.50. The van der Waals surface area contributed by atoms with Crippen LogP contribution in [0, 0.1) is 0 Å². The molecule has 7 heteroatoms. The Kier molecular flexibility index (Phi) is 8.24. The zero-order chi connectivity index (χ0) is 14.6. The average Bonchev–Trinajstić information content (AvgIpc) is 2.58. The van der Waals surface area contributed by atoms with Crippen LogP contribution < -0.4 is 11.5 Å². The summed E-state index contributed by atoms with van der Waals surface area (Å²) >= 11 is 0. The van der Waals surface area contributed by atoms with Crippen LogP contribution in [-0.2, 0) is 35.4 Å². The van der Waals surface area contributed by atoms with E-state index in [4.69, 9.17) is 16.6 Å². The van der Waals surface area contributed by atoms with Gasteiger partial charge in [-0.2, -0.15) is 0 Å². The van der Waals surface area contributed by atoms with Crippen LogP contribution in [0.2, 0.25) is 0 Å². The molecule has 0 aromatic carbocycles. The molecule has 3 atom stereocenters. The first-order chi connectivity index (χ1) is 8.84. The van der Waals surface area contributed by atoms with Gasteiger partial charge in [-0.3, -0.25) is 4.79 Å². The maximum atomic E-state index is 10.8. The van der Waals surface area contributed by atoms with Crippen molar-refractivity contribution in [3.8, 4) is 0 Å². The molecule has 20 heavy (non-hydrogen) atoms. The predicted octanol–water partition coefficient (Wildman–Crippen LogP) is 0.545. The number of esters is 1. The molecule has 1 saturated carbocycles. The third kappa shape index (κ3) is 5.00. The maximum Gasteiger partial charge on any atom is 2.00 e. The van der Waals surface area contributed by atoms with E-state index in [0.29, 0.717) is 0 Å². The van der Waals surface area contributed by atoms with Crippen molar-refractivity contribution >= 4 is 11.8 Å². The Labute approximate surface area is 133 Å². The minimum Gasteiger partial charge on any atom is -0.507 e. The van der Waals surface area contributed by atoms with Crippen LogP contribution in [0.3, 0.4) is 0 Å². The summed E-state index contributed by atoms with van der Waals surface area (Å²) in [5.41, 5.74) is 11.1. The van der Waals surface area contributed by atoms with E-state index in [-0.39, 0.29) is 44.5 Å². The average molecular weight is 465 g/mol. The van der Waals surface area contributed by atoms with Gasteiger partial charge in [0.05, 0.1) is 0 Å². The summed E-state index contributed by atoms with van der Waals surface area (Å²) in [6, 6.07) is 0.562. The topological polar surface area (TPSA) is 116 Å². The van der Waals surface area contributed by atoms with Gasteiger partial charge >= 0.3 is 27.0 Å². The number of ether oxygens (including phenoxy) is 1. The molecule has 2 rings (SSSR count). The fraction of sp³-hybridized carbons (Fsp3) is 0.692. The van der Waals surface area contributed by atoms with Crippen molar-refractivity contribution in [2.45, 2.75) is 57.7 Å². The van der Waals surface area contributed by atoms with Crippen LogP contribution in [0.15, 0.2) is 11.3 Å². The number of nitrogens with two attached hydrogens (primary N) is 2. The van der Waals surface area contributed by atoms with Gasteiger partial charge < -0.3 is 21.3 Å². The van der Waals surface area contributed by atoms with Crippen molar-refractivity contribution in [3.05, 3.63) is 11.3 Å². The molecule has 0 saturated heterocycles. The van der Waals surface area contributed by atoms with Gasteiger partial charge in [-0.05, 0) is 26.7 Å². The van der Waals surface area contributed by atoms with Crippen molar-refractivity contribution in [1.29, 1.82) is 0 Å². The number of ketones is 1. The molecule has 1 unspecified atom stereocenters. The van der Waals surface area contributed by atoms with E-state index in [2.05, 4.69) is 4.74 Å². The van der Waals surface area contributed by atoms with E-state index < -0.39 is 17.9 Å². The summed E-state index contributed by atoms with van der Waals surface area (Å²) in [5, 5.41) is 9.11. The fourth-order valence-corrected chi connectivity index (χ4v) is 2.10. The first-order valence-electron chi connectivity index (χ1n) is 6.50. The van der Waals surface area contributed by atoms with Crippen LogP contribution in [0.1, 0.15) is 39.5 Å². The van der Waals surface area contributed by atoms with Crippen molar-refractivity contribution in [2.24, 2.45) is 11.5 Å². The number of carbonyl (C=O) groups excluding carboxylic acids is 2. The normalized spacial score (nSPS) is 29.0. The Morgan fingerprint density at radius 3 is 1.90 bits per heavy atom. The van der Waals surface area contributed by atoms with E-state index in [1.54, 1.807) is 0 Å². The smallest absolute Gasteiger partial charge is 0.507 e. The van der Waals surface area contributed by atoms with Crippen molar-refractivity contribution in [3.63, 3.8) is 0 Å². The fourth-order valence-electron chi connectivity index (χ4n) is 2.10. The minimum atomic E-state index is -0.734. The summed E-state index contributed by atoms with van der Waals surface area (Å²) in [5.74, 6) is -1.46. The molecule has 116 valence electrons. The number of carbonyl (C=O) groups is 2. The van der Waals surface area contributed by atoms with E-state index in [0.717, 1.165) is 12.8 Å². The molecule has 0 bridgehead atoms. The second-order valence-corrected chi connectivity index (χ2v) is 4.98. The van der Waals surface area contributed by atoms with Crippen LogP contribution in [0.25, 0.3) is 0 Å². The summed E-state index contributed by atoms with van der Waals surface area (Å²) < 4.78 is 4.56. The standard InChI is InChI=1S/C7H8O4.C6H14N2.Pt/c1-3(8)5-6(9)4(2)11-7(5)10;7-5-3-1-2-4-6(5)8;/h4,9H,1-2H3;5-6H,1-4,7-8H2;/q;;+2/t;5-,6-;/m.1./s1. The number of hydrogen-bond acceptors (Lipinski definition) is 6. The van der Waals surface area contributed by atoms with Crippen molar-refractivity contribution in [1.82, 2.24) is 0 Å². The molecule has 0 radical (unpaired) electrons. The molecule has 0 aromatic rings. The zero-order valence-corrected chi connectivity index (χ0v) is 14.0. The largest absolute Gasteiger partial charge is 2.00 e. The molecular weight excluding hydrogens is 443 g/mol. The number of hydrogen-bond donors (Lipinski definition) is 3. The quantitative estimate of drug-likeness (QED) is 0.385. The van der Waals surface area contributed by atoms with Crippen LogP contribution in [0.4, 0.5) is 0 Å². The SMILES string of the molecule is CC(=O)C1=C(O)C(C)OC1=O.N[C@@H]1CCCC[C@H]1N.[Pt+2]. The Morgan fingerprint density at radius 1 is 1.25 bits per heavy atom. The van der Waals surface area contributed by atoms with E-state index in [1.807, 2.05) is 0 Å². The van der Waals surface area contributed by atoms with Gasteiger partial charge in [-0.15, -0.1) is 0 Å². The second kappa shape index (κ2) is 8.55. The summed E-state index contributed by atoms with van der Waals surface area (Å²) in [4.78, 5) is 21.5. The van der Waals surface area contributed by atoms with E-state index in [9.17, 15) is 9.59 Å². The first kappa shape index (κ1) is 19.3. The Morgan fingerprint density at radius 2 is 1.70 bits per heavy atom. The zero-order valence-electron chi connectivity index (χ0n) is 11.7. The Hall–Kier alpha value is -0.712. The Balaban J connectivity index is 0.000000359. The van der Waals surface area contributed by atoms with E-state index >= 15 is 0 Å². The maximum absolute atomic E-state index is 10.8. The molecule has 5 N–H and O–H groups in total. The summed E-state index contributed by atoms with van der Waals surface area (Å²) in [7, 11) is 0. The predicted molar refractivity (Wildman–Crippen MR) is 70.3 cm³/mol. The van der Waals surface area contributed by atoms with E-state index in [1.165, 1.54) is 26.7 Å². The molecule has 1 heterocycles. The molecule has 1 aliphatic carbocycles. The molecule has 6 nitrogen and oxygen atoms in total. The van der Waals surface area contributed by atoms with Gasteiger partial charge in [0.2, 0.25) is 0 Å². The van der Waals surface area contributed by atoms with Gasteiger partial charge in [-0.1, -0.05) is 12.8 Å². The molecule has 2 aliphatic rings. The van der Waals surface area contributed by atoms with Gasteiger partial charge in [0.1, 0.15) is 5.57 Å². The van der Waals surface area contributed by atoms with Gasteiger partial charge in [0.25, 0.3) is 0 Å². The van der Waals surface area contributed by atoms with Crippen LogP contribution in [-0.4, -0.2) is 35.0 Å². The van der Waals surface area contributed by atoms with Crippen molar-refractivity contribution in [2.75, 3.05) is 0 Å². The Bertz CT molecular complexity index is 388. The van der Waals surface area contributed by atoms with Crippen LogP contribution >= 0.6 is 0 Å². The molecule has 0 amide bonds. The molecule has 0 spiro atoms. The minimum absolute atomic E-state index is 0. The van der Waals surface area contributed by atoms with Gasteiger partial charge in [-0.25, -0.2) is 4.79 Å². The third-order valence-corrected chi connectivity index (χ3v) is 3.36. The summed E-state index contributed by atoms with van der Waals surface area (Å²) in [6.07, 6.45) is 4.12. The number of aliphatic hydroxyl groups is 1. The van der Waals surface area contributed by atoms with Gasteiger partial charge in [0.15, 0.2) is 17.6 Å². The van der Waals surface area contributed by atoms with Crippen LogP contribution in [0.5, 0.6) is 0 Å². The monoisotopic (exact) mass is 465 g/mol. The van der Waals surface area contributed by atoms with Gasteiger partial charge in [0, 0.05) is 12.1 Å². The molecular formula is C13H22N2O4Pt+2. The number of aliphatic hydroxyl groups excluding tert-OH is 1. The van der Waals surface area contributed by atoms with Crippen molar-refractivity contribution < 1.29 is 40.5 Å². The number of Topliss-reactive ketones (excluding diaryl/α,β-unsaturated/α-hetero) is 1. The molecule has 1 fully saturated rings. The number of rotatable bonds is 1. The number of cyclic esters (lactones) is 1. The third-order valence-electron chi connectivity index (χ3n) is 3.36.